The fraction of sp³-hybridized carbons (Fsp3) is 0.250. The van der Waals surface area contributed by atoms with E-state index < -0.39 is 0 Å². The summed E-state index contributed by atoms with van der Waals surface area (Å²) in [6.45, 7) is 4.61. The molecule has 0 unspecified atom stereocenters. The Morgan fingerprint density at radius 1 is 1.70 bits per heavy atom. The second-order valence-electron chi connectivity index (χ2n) is 2.12. The standard InChI is InChI=1S/C8H11NS/c1-7(4-5-9)8-3-2-6-10-8/h2-3,6H,1,4-5,9H2. The lowest BCUT2D eigenvalue weighted by atomic mass is 10.2. The topological polar surface area (TPSA) is 26.0 Å². The van der Waals surface area contributed by atoms with E-state index in [1.807, 2.05) is 6.07 Å². The third kappa shape index (κ3) is 1.69. The third-order valence-electron chi connectivity index (χ3n) is 1.32. The van der Waals surface area contributed by atoms with Crippen LogP contribution < -0.4 is 5.73 Å². The molecule has 0 saturated heterocycles. The lowest BCUT2D eigenvalue weighted by Crippen LogP contribution is -1.98. The Bertz CT molecular complexity index is 201. The van der Waals surface area contributed by atoms with Crippen LogP contribution in [0, 0.1) is 0 Å². The monoisotopic (exact) mass is 153 g/mol. The van der Waals surface area contributed by atoms with Gasteiger partial charge < -0.3 is 5.73 Å². The highest BCUT2D eigenvalue weighted by molar-refractivity contribution is 7.11. The van der Waals surface area contributed by atoms with Gasteiger partial charge in [-0.3, -0.25) is 0 Å². The van der Waals surface area contributed by atoms with Gasteiger partial charge in [0.05, 0.1) is 0 Å². The molecule has 0 radical (unpaired) electrons. The van der Waals surface area contributed by atoms with Gasteiger partial charge in [-0.05, 0) is 30.0 Å². The van der Waals surface area contributed by atoms with E-state index >= 15 is 0 Å². The molecular weight excluding hydrogens is 142 g/mol. The fourth-order valence-electron chi connectivity index (χ4n) is 0.777. The quantitative estimate of drug-likeness (QED) is 0.707. The molecule has 0 aliphatic rings. The Kier molecular flexibility index (Phi) is 2.66. The van der Waals surface area contributed by atoms with Crippen LogP contribution >= 0.6 is 11.3 Å². The van der Waals surface area contributed by atoms with Crippen molar-refractivity contribution in [3.05, 3.63) is 29.0 Å². The maximum atomic E-state index is 5.38. The molecule has 0 spiro atoms. The second-order valence-corrected chi connectivity index (χ2v) is 3.07. The zero-order chi connectivity index (χ0) is 7.40. The highest BCUT2D eigenvalue weighted by Gasteiger charge is 1.96. The van der Waals surface area contributed by atoms with Gasteiger partial charge in [-0.1, -0.05) is 12.6 Å². The summed E-state index contributed by atoms with van der Waals surface area (Å²) in [4.78, 5) is 1.26. The molecule has 0 aliphatic heterocycles. The predicted molar refractivity (Wildman–Crippen MR) is 47.0 cm³/mol. The Hall–Kier alpha value is -0.600. The zero-order valence-electron chi connectivity index (χ0n) is 5.84. The summed E-state index contributed by atoms with van der Waals surface area (Å²) in [5.74, 6) is 0. The smallest absolute Gasteiger partial charge is 0.0296 e. The minimum absolute atomic E-state index is 0.691. The van der Waals surface area contributed by atoms with Crippen LogP contribution in [0.1, 0.15) is 11.3 Å². The van der Waals surface area contributed by atoms with Gasteiger partial charge in [0.2, 0.25) is 0 Å². The molecule has 0 aliphatic carbocycles. The maximum Gasteiger partial charge on any atom is 0.0296 e. The van der Waals surface area contributed by atoms with Crippen molar-refractivity contribution in [1.29, 1.82) is 0 Å². The van der Waals surface area contributed by atoms with Crippen molar-refractivity contribution in [3.8, 4) is 0 Å². The minimum atomic E-state index is 0.691. The number of hydrogen-bond acceptors (Lipinski definition) is 2. The van der Waals surface area contributed by atoms with E-state index in [2.05, 4.69) is 18.0 Å². The average molecular weight is 153 g/mol. The van der Waals surface area contributed by atoms with E-state index in [9.17, 15) is 0 Å². The first-order valence-electron chi connectivity index (χ1n) is 3.26. The van der Waals surface area contributed by atoms with E-state index in [0.29, 0.717) is 6.54 Å². The molecule has 0 amide bonds. The molecule has 0 aromatic carbocycles. The van der Waals surface area contributed by atoms with Crippen LogP contribution in [0.2, 0.25) is 0 Å². The van der Waals surface area contributed by atoms with Gasteiger partial charge in [0.1, 0.15) is 0 Å². The van der Waals surface area contributed by atoms with Gasteiger partial charge in [0, 0.05) is 4.88 Å². The zero-order valence-corrected chi connectivity index (χ0v) is 6.66. The Balaban J connectivity index is 2.59. The summed E-state index contributed by atoms with van der Waals surface area (Å²) >= 11 is 1.72. The lowest BCUT2D eigenvalue weighted by molar-refractivity contribution is 1.03. The van der Waals surface area contributed by atoms with Crippen LogP contribution in [0.3, 0.4) is 0 Å². The van der Waals surface area contributed by atoms with E-state index in [1.165, 1.54) is 4.88 Å². The highest BCUT2D eigenvalue weighted by Crippen LogP contribution is 2.20. The van der Waals surface area contributed by atoms with Crippen molar-refractivity contribution in [1.82, 2.24) is 0 Å². The summed E-state index contributed by atoms with van der Waals surface area (Å²) in [5, 5.41) is 2.05. The summed E-state index contributed by atoms with van der Waals surface area (Å²) in [6.07, 6.45) is 0.903. The van der Waals surface area contributed by atoms with Crippen LogP contribution in [0.15, 0.2) is 24.1 Å². The largest absolute Gasteiger partial charge is 0.330 e. The molecule has 1 nitrogen and oxygen atoms in total. The molecule has 2 heteroatoms. The van der Waals surface area contributed by atoms with Gasteiger partial charge in [-0.15, -0.1) is 11.3 Å². The van der Waals surface area contributed by atoms with E-state index in [4.69, 9.17) is 5.73 Å². The number of thiophene rings is 1. The maximum absolute atomic E-state index is 5.38. The van der Waals surface area contributed by atoms with Crippen molar-refractivity contribution in [3.63, 3.8) is 0 Å². The first kappa shape index (κ1) is 7.51. The van der Waals surface area contributed by atoms with Gasteiger partial charge >= 0.3 is 0 Å². The third-order valence-corrected chi connectivity index (χ3v) is 2.29. The molecule has 1 heterocycles. The van der Waals surface area contributed by atoms with Crippen LogP contribution in [0.25, 0.3) is 5.57 Å². The number of rotatable bonds is 3. The van der Waals surface area contributed by atoms with Crippen LogP contribution in [-0.2, 0) is 0 Å². The molecular formula is C8H11NS. The normalized spacial score (nSPS) is 9.70. The van der Waals surface area contributed by atoms with Gasteiger partial charge in [-0.25, -0.2) is 0 Å². The first-order valence-corrected chi connectivity index (χ1v) is 4.14. The van der Waals surface area contributed by atoms with Crippen LogP contribution in [-0.4, -0.2) is 6.54 Å². The number of hydrogen-bond donors (Lipinski definition) is 1. The fourth-order valence-corrected chi connectivity index (χ4v) is 1.51. The van der Waals surface area contributed by atoms with Crippen molar-refractivity contribution < 1.29 is 0 Å². The molecule has 1 aromatic rings. The molecule has 2 N–H and O–H groups in total. The van der Waals surface area contributed by atoms with Crippen molar-refractivity contribution in [2.45, 2.75) is 6.42 Å². The summed E-state index contributed by atoms with van der Waals surface area (Å²) in [5.41, 5.74) is 6.53. The molecule has 0 saturated carbocycles. The molecule has 54 valence electrons. The van der Waals surface area contributed by atoms with E-state index in [1.54, 1.807) is 11.3 Å². The minimum Gasteiger partial charge on any atom is -0.330 e. The lowest BCUT2D eigenvalue weighted by Gasteiger charge is -1.97. The van der Waals surface area contributed by atoms with Crippen molar-refractivity contribution in [2.24, 2.45) is 5.73 Å². The predicted octanol–water partition coefficient (Wildman–Crippen LogP) is 2.11. The number of nitrogens with two attached hydrogens (primary N) is 1. The van der Waals surface area contributed by atoms with Crippen molar-refractivity contribution in [2.75, 3.05) is 6.54 Å². The summed E-state index contributed by atoms with van der Waals surface area (Å²) < 4.78 is 0. The Morgan fingerprint density at radius 2 is 2.50 bits per heavy atom. The Morgan fingerprint density at radius 3 is 3.00 bits per heavy atom. The molecule has 0 atom stereocenters. The van der Waals surface area contributed by atoms with Crippen molar-refractivity contribution >= 4 is 16.9 Å². The van der Waals surface area contributed by atoms with Gasteiger partial charge in [0.25, 0.3) is 0 Å². The van der Waals surface area contributed by atoms with Gasteiger partial charge in [0.15, 0.2) is 0 Å². The molecule has 0 bridgehead atoms. The SMILES string of the molecule is C=C(CCN)c1cccs1. The Labute approximate surface area is 65.2 Å². The summed E-state index contributed by atoms with van der Waals surface area (Å²) in [7, 11) is 0. The molecule has 0 fully saturated rings. The first-order chi connectivity index (χ1) is 4.84. The van der Waals surface area contributed by atoms with E-state index in [0.717, 1.165) is 12.0 Å². The summed E-state index contributed by atoms with van der Waals surface area (Å²) in [6, 6.07) is 4.10. The molecule has 1 rings (SSSR count). The van der Waals surface area contributed by atoms with Gasteiger partial charge in [-0.2, -0.15) is 0 Å². The second kappa shape index (κ2) is 3.54. The highest BCUT2D eigenvalue weighted by atomic mass is 32.1. The average Bonchev–Trinajstić information content (AvgIpc) is 2.38. The molecule has 10 heavy (non-hydrogen) atoms. The van der Waals surface area contributed by atoms with Crippen LogP contribution in [0.5, 0.6) is 0 Å². The van der Waals surface area contributed by atoms with Crippen LogP contribution in [0.4, 0.5) is 0 Å². The molecule has 1 aromatic heterocycles. The van der Waals surface area contributed by atoms with E-state index in [-0.39, 0.29) is 0 Å².